The molecule has 0 atom stereocenters. The maximum atomic E-state index is 4.66. The first-order valence-corrected chi connectivity index (χ1v) is 7.36. The number of rotatable bonds is 0. The molecule has 19 heavy (non-hydrogen) atoms. The summed E-state index contributed by atoms with van der Waals surface area (Å²) >= 11 is 3.69. The Labute approximate surface area is 123 Å². The van der Waals surface area contributed by atoms with Crippen LogP contribution in [0.2, 0.25) is 0 Å². The molecule has 0 saturated heterocycles. The molecule has 0 fully saturated rings. The maximum Gasteiger partial charge on any atom is 0.0881 e. The van der Waals surface area contributed by atoms with Gasteiger partial charge in [-0.15, -0.1) is 0 Å². The Balaban J connectivity index is 2.81. The molecule has 0 spiro atoms. The number of halogens is 1. The summed E-state index contributed by atoms with van der Waals surface area (Å²) in [6, 6.07) is 2.09. The molecular formula is C16H21BrN2. The number of hydrogen-bond donors (Lipinski definition) is 0. The normalized spacial score (nSPS) is 13.0. The lowest BCUT2D eigenvalue weighted by atomic mass is 9.84. The van der Waals surface area contributed by atoms with Crippen molar-refractivity contribution in [3.63, 3.8) is 0 Å². The van der Waals surface area contributed by atoms with E-state index < -0.39 is 0 Å². The van der Waals surface area contributed by atoms with Gasteiger partial charge in [0.1, 0.15) is 0 Å². The molecule has 0 aliphatic rings. The van der Waals surface area contributed by atoms with Gasteiger partial charge in [-0.25, -0.2) is 0 Å². The summed E-state index contributed by atoms with van der Waals surface area (Å²) in [6.07, 6.45) is 3.86. The summed E-state index contributed by atoms with van der Waals surface area (Å²) < 4.78 is 1.02. The third kappa shape index (κ3) is 2.66. The topological polar surface area (TPSA) is 25.8 Å². The largest absolute Gasteiger partial charge is 0.259 e. The summed E-state index contributed by atoms with van der Waals surface area (Å²) in [7, 11) is 0. The van der Waals surface area contributed by atoms with E-state index >= 15 is 0 Å². The minimum absolute atomic E-state index is 0.00639. The minimum atomic E-state index is 0.00639. The Morgan fingerprint density at radius 2 is 1.58 bits per heavy atom. The first-order chi connectivity index (χ1) is 8.62. The van der Waals surface area contributed by atoms with Crippen LogP contribution in [-0.2, 0) is 10.8 Å². The molecule has 2 aromatic rings. The van der Waals surface area contributed by atoms with Crippen molar-refractivity contribution in [2.75, 3.05) is 0 Å². The van der Waals surface area contributed by atoms with E-state index in [0.717, 1.165) is 21.1 Å². The molecular weight excluding hydrogens is 300 g/mol. The first-order valence-electron chi connectivity index (χ1n) is 6.56. The highest BCUT2D eigenvalue weighted by atomic mass is 79.9. The highest BCUT2D eigenvalue weighted by Crippen LogP contribution is 2.36. The van der Waals surface area contributed by atoms with Gasteiger partial charge in [0.2, 0.25) is 0 Å². The van der Waals surface area contributed by atoms with Crippen LogP contribution in [0.3, 0.4) is 0 Å². The summed E-state index contributed by atoms with van der Waals surface area (Å²) in [5.74, 6) is 0. The third-order valence-electron chi connectivity index (χ3n) is 3.25. The fourth-order valence-corrected chi connectivity index (χ4v) is 3.27. The van der Waals surface area contributed by atoms with Crippen LogP contribution in [0.4, 0.5) is 0 Å². The number of aromatic nitrogens is 2. The summed E-state index contributed by atoms with van der Waals surface area (Å²) in [4.78, 5) is 9.21. The molecule has 0 amide bonds. The molecule has 102 valence electrons. The van der Waals surface area contributed by atoms with Gasteiger partial charge in [-0.2, -0.15) is 0 Å². The number of hydrogen-bond acceptors (Lipinski definition) is 2. The first kappa shape index (κ1) is 14.4. The molecule has 0 aliphatic heterocycles. The van der Waals surface area contributed by atoms with Gasteiger partial charge in [-0.3, -0.25) is 9.97 Å². The van der Waals surface area contributed by atoms with Gasteiger partial charge in [-0.1, -0.05) is 41.5 Å². The monoisotopic (exact) mass is 320 g/mol. The van der Waals surface area contributed by atoms with E-state index in [1.807, 2.05) is 12.4 Å². The smallest absolute Gasteiger partial charge is 0.0881 e. The molecule has 2 aromatic heterocycles. The van der Waals surface area contributed by atoms with E-state index in [-0.39, 0.29) is 10.8 Å². The highest BCUT2D eigenvalue weighted by molar-refractivity contribution is 9.10. The Hall–Kier alpha value is -0.960. The van der Waals surface area contributed by atoms with Crippen molar-refractivity contribution in [3.05, 3.63) is 34.2 Å². The van der Waals surface area contributed by atoms with Crippen LogP contribution < -0.4 is 0 Å². The number of fused-ring (bicyclic) bond motifs is 1. The second kappa shape index (κ2) is 4.55. The van der Waals surface area contributed by atoms with E-state index in [9.17, 15) is 0 Å². The lowest BCUT2D eigenvalue weighted by Crippen LogP contribution is -2.16. The second-order valence-corrected chi connectivity index (χ2v) is 7.83. The predicted molar refractivity (Wildman–Crippen MR) is 84.6 cm³/mol. The molecule has 0 N–H and O–H groups in total. The van der Waals surface area contributed by atoms with Crippen molar-refractivity contribution in [3.8, 4) is 0 Å². The summed E-state index contributed by atoms with van der Waals surface area (Å²) in [5, 5.41) is 1.13. The van der Waals surface area contributed by atoms with Crippen LogP contribution in [0, 0.1) is 0 Å². The van der Waals surface area contributed by atoms with Crippen LogP contribution in [0.25, 0.3) is 10.9 Å². The molecule has 0 unspecified atom stereocenters. The van der Waals surface area contributed by atoms with Crippen molar-refractivity contribution in [2.45, 2.75) is 52.4 Å². The van der Waals surface area contributed by atoms with Gasteiger partial charge >= 0.3 is 0 Å². The van der Waals surface area contributed by atoms with Crippen molar-refractivity contribution in [1.82, 2.24) is 9.97 Å². The number of nitrogens with zero attached hydrogens (tertiary/aromatic N) is 2. The quantitative estimate of drug-likeness (QED) is 0.683. The average molecular weight is 321 g/mol. The lowest BCUT2D eigenvalue weighted by Gasteiger charge is -2.23. The van der Waals surface area contributed by atoms with Crippen LogP contribution in [0.5, 0.6) is 0 Å². The summed E-state index contributed by atoms with van der Waals surface area (Å²) in [5.41, 5.74) is 3.44. The second-order valence-electron chi connectivity index (χ2n) is 7.04. The molecule has 0 aliphatic carbocycles. The standard InChI is InChI=1S/C16H21BrN2/c1-15(2,3)11-7-8-18-13-10(11)9-19-14(12(13)17)16(4,5)6/h7-9H,1-6H3. The van der Waals surface area contributed by atoms with Gasteiger partial charge in [0.05, 0.1) is 15.7 Å². The van der Waals surface area contributed by atoms with Crippen molar-refractivity contribution in [1.29, 1.82) is 0 Å². The Morgan fingerprint density at radius 1 is 0.947 bits per heavy atom. The van der Waals surface area contributed by atoms with Crippen LogP contribution in [-0.4, -0.2) is 9.97 Å². The Bertz CT molecular complexity index is 619. The Kier molecular flexibility index (Phi) is 3.46. The minimum Gasteiger partial charge on any atom is -0.259 e. The highest BCUT2D eigenvalue weighted by Gasteiger charge is 2.23. The fourth-order valence-electron chi connectivity index (χ4n) is 2.25. The molecule has 2 heterocycles. The molecule has 2 nitrogen and oxygen atoms in total. The molecule has 0 aromatic carbocycles. The zero-order chi connectivity index (χ0) is 14.4. The maximum absolute atomic E-state index is 4.66. The summed E-state index contributed by atoms with van der Waals surface area (Å²) in [6.45, 7) is 13.1. The average Bonchev–Trinajstić information content (AvgIpc) is 2.26. The van der Waals surface area contributed by atoms with Gasteiger partial charge in [-0.05, 0) is 33.0 Å². The zero-order valence-corrected chi connectivity index (χ0v) is 14.1. The number of pyridine rings is 2. The van der Waals surface area contributed by atoms with E-state index in [2.05, 4.69) is 73.5 Å². The predicted octanol–water partition coefficient (Wildman–Crippen LogP) is 4.99. The van der Waals surface area contributed by atoms with Crippen LogP contribution in [0.1, 0.15) is 52.8 Å². The lowest BCUT2D eigenvalue weighted by molar-refractivity contribution is 0.566. The van der Waals surface area contributed by atoms with Crippen molar-refractivity contribution in [2.24, 2.45) is 0 Å². The van der Waals surface area contributed by atoms with Gasteiger partial charge in [0.15, 0.2) is 0 Å². The molecule has 2 rings (SSSR count). The van der Waals surface area contributed by atoms with Crippen molar-refractivity contribution < 1.29 is 0 Å². The van der Waals surface area contributed by atoms with E-state index in [4.69, 9.17) is 0 Å². The third-order valence-corrected chi connectivity index (χ3v) is 4.00. The van der Waals surface area contributed by atoms with Crippen LogP contribution in [0.15, 0.2) is 22.9 Å². The van der Waals surface area contributed by atoms with Crippen molar-refractivity contribution >= 4 is 26.8 Å². The van der Waals surface area contributed by atoms with Gasteiger partial charge in [0.25, 0.3) is 0 Å². The van der Waals surface area contributed by atoms with Gasteiger partial charge < -0.3 is 0 Å². The molecule has 3 heteroatoms. The van der Waals surface area contributed by atoms with E-state index in [0.29, 0.717) is 0 Å². The molecule has 0 saturated carbocycles. The van der Waals surface area contributed by atoms with E-state index in [1.54, 1.807) is 0 Å². The molecule has 0 radical (unpaired) electrons. The SMILES string of the molecule is CC(C)(C)c1ncc2c(C(C)(C)C)ccnc2c1Br. The Morgan fingerprint density at radius 3 is 2.11 bits per heavy atom. The van der Waals surface area contributed by atoms with Gasteiger partial charge in [0, 0.05) is 23.2 Å². The molecule has 0 bridgehead atoms. The van der Waals surface area contributed by atoms with Crippen LogP contribution >= 0.6 is 15.9 Å². The zero-order valence-electron chi connectivity index (χ0n) is 12.5. The fraction of sp³-hybridized carbons (Fsp3) is 0.500. The van der Waals surface area contributed by atoms with E-state index in [1.165, 1.54) is 5.56 Å².